The first-order valence-electron chi connectivity index (χ1n) is 6.61. The number of carboxylic acids is 1. The van der Waals surface area contributed by atoms with Crippen molar-refractivity contribution in [2.75, 3.05) is 0 Å². The minimum Gasteiger partial charge on any atom is -0.481 e. The Morgan fingerprint density at radius 2 is 2.15 bits per heavy atom. The number of carbonyl (C=O) groups is 1. The van der Waals surface area contributed by atoms with Crippen LogP contribution in [-0.4, -0.2) is 11.1 Å². The van der Waals surface area contributed by atoms with E-state index in [0.29, 0.717) is 6.54 Å². The van der Waals surface area contributed by atoms with Crippen LogP contribution in [0.4, 0.5) is 0 Å². The van der Waals surface area contributed by atoms with E-state index in [1.807, 2.05) is 17.5 Å². The average Bonchev–Trinajstić information content (AvgIpc) is 2.89. The molecule has 2 rings (SSSR count). The molecule has 0 saturated carbocycles. The predicted octanol–water partition coefficient (Wildman–Crippen LogP) is 3.67. The zero-order valence-electron chi connectivity index (χ0n) is 11.7. The van der Waals surface area contributed by atoms with Gasteiger partial charge in [0.1, 0.15) is 0 Å². The summed E-state index contributed by atoms with van der Waals surface area (Å²) in [5.74, 6) is -0.781. The second-order valence-electron chi connectivity index (χ2n) is 4.98. The number of thiophene rings is 1. The summed E-state index contributed by atoms with van der Waals surface area (Å²) < 4.78 is 0. The smallest absolute Gasteiger partial charge is 0.305 e. The Kier molecular flexibility index (Phi) is 4.93. The minimum absolute atomic E-state index is 0.103. The molecule has 0 aliphatic heterocycles. The molecule has 20 heavy (non-hydrogen) atoms. The molecule has 4 heteroatoms. The van der Waals surface area contributed by atoms with Crippen LogP contribution in [-0.2, 0) is 11.3 Å². The zero-order valence-corrected chi connectivity index (χ0v) is 12.5. The van der Waals surface area contributed by atoms with E-state index < -0.39 is 5.97 Å². The van der Waals surface area contributed by atoms with Crippen LogP contribution in [0.5, 0.6) is 0 Å². The summed E-state index contributed by atoms with van der Waals surface area (Å²) in [5.41, 5.74) is 3.69. The molecule has 1 unspecified atom stereocenters. The fraction of sp³-hybridized carbons (Fsp3) is 0.312. The van der Waals surface area contributed by atoms with Gasteiger partial charge in [-0.05, 0) is 36.4 Å². The van der Waals surface area contributed by atoms with Crippen LogP contribution < -0.4 is 5.32 Å². The normalized spacial score (nSPS) is 12.3. The lowest BCUT2D eigenvalue weighted by atomic mass is 10.0. The topological polar surface area (TPSA) is 49.3 Å². The number of hydrogen-bond donors (Lipinski definition) is 2. The quantitative estimate of drug-likeness (QED) is 0.853. The van der Waals surface area contributed by atoms with Crippen molar-refractivity contribution in [1.29, 1.82) is 0 Å². The van der Waals surface area contributed by atoms with E-state index in [4.69, 9.17) is 5.11 Å². The second kappa shape index (κ2) is 6.68. The van der Waals surface area contributed by atoms with Crippen molar-refractivity contribution in [2.24, 2.45) is 0 Å². The lowest BCUT2D eigenvalue weighted by Crippen LogP contribution is -2.23. The SMILES string of the molecule is Cc1ccc(CNC(CC(=O)O)c2cccs2)c(C)c1. The number of nitrogens with one attached hydrogen (secondary N) is 1. The summed E-state index contributed by atoms with van der Waals surface area (Å²) in [6.45, 7) is 4.84. The fourth-order valence-corrected chi connectivity index (χ4v) is 3.02. The highest BCUT2D eigenvalue weighted by molar-refractivity contribution is 7.10. The van der Waals surface area contributed by atoms with Crippen LogP contribution in [0.2, 0.25) is 0 Å². The summed E-state index contributed by atoms with van der Waals surface area (Å²) in [6, 6.07) is 10.1. The maximum Gasteiger partial charge on any atom is 0.305 e. The van der Waals surface area contributed by atoms with Crippen molar-refractivity contribution >= 4 is 17.3 Å². The van der Waals surface area contributed by atoms with E-state index in [0.717, 1.165) is 4.88 Å². The third-order valence-electron chi connectivity index (χ3n) is 3.30. The molecule has 0 radical (unpaired) electrons. The first kappa shape index (κ1) is 14.8. The molecule has 3 nitrogen and oxygen atoms in total. The van der Waals surface area contributed by atoms with Gasteiger partial charge in [0.05, 0.1) is 12.5 Å². The van der Waals surface area contributed by atoms with Crippen LogP contribution in [0.15, 0.2) is 35.7 Å². The van der Waals surface area contributed by atoms with Crippen LogP contribution in [0.3, 0.4) is 0 Å². The van der Waals surface area contributed by atoms with Crippen molar-refractivity contribution in [2.45, 2.75) is 32.9 Å². The van der Waals surface area contributed by atoms with E-state index in [1.165, 1.54) is 16.7 Å². The Hall–Kier alpha value is -1.65. The largest absolute Gasteiger partial charge is 0.481 e. The monoisotopic (exact) mass is 289 g/mol. The van der Waals surface area contributed by atoms with Gasteiger partial charge in [-0.3, -0.25) is 4.79 Å². The van der Waals surface area contributed by atoms with Crippen molar-refractivity contribution in [3.05, 3.63) is 57.3 Å². The number of hydrogen-bond acceptors (Lipinski definition) is 3. The van der Waals surface area contributed by atoms with Gasteiger partial charge in [0.25, 0.3) is 0 Å². The highest BCUT2D eigenvalue weighted by Crippen LogP contribution is 2.23. The van der Waals surface area contributed by atoms with Gasteiger partial charge < -0.3 is 10.4 Å². The lowest BCUT2D eigenvalue weighted by Gasteiger charge is -2.16. The third-order valence-corrected chi connectivity index (χ3v) is 4.29. The first-order chi connectivity index (χ1) is 9.56. The Balaban J connectivity index is 2.07. The number of benzene rings is 1. The molecule has 0 aliphatic rings. The standard InChI is InChI=1S/C16H19NO2S/c1-11-5-6-13(12(2)8-11)10-17-14(9-16(18)19)15-4-3-7-20-15/h3-8,14,17H,9-10H2,1-2H3,(H,18,19). The van der Waals surface area contributed by atoms with Crippen molar-refractivity contribution in [3.63, 3.8) is 0 Å². The van der Waals surface area contributed by atoms with Crippen LogP contribution in [0, 0.1) is 13.8 Å². The van der Waals surface area contributed by atoms with E-state index in [1.54, 1.807) is 11.3 Å². The first-order valence-corrected chi connectivity index (χ1v) is 7.49. The van der Waals surface area contributed by atoms with Gasteiger partial charge in [0.2, 0.25) is 0 Å². The zero-order chi connectivity index (χ0) is 14.5. The van der Waals surface area contributed by atoms with Crippen molar-refractivity contribution < 1.29 is 9.90 Å². The molecule has 1 aromatic carbocycles. The molecule has 0 saturated heterocycles. The summed E-state index contributed by atoms with van der Waals surface area (Å²) in [5, 5.41) is 14.4. The van der Waals surface area contributed by atoms with Gasteiger partial charge in [0, 0.05) is 11.4 Å². The Bertz CT molecular complexity index is 578. The molecule has 2 N–H and O–H groups in total. The molecule has 106 valence electrons. The van der Waals surface area contributed by atoms with E-state index in [-0.39, 0.29) is 12.5 Å². The van der Waals surface area contributed by atoms with Crippen LogP contribution >= 0.6 is 11.3 Å². The van der Waals surface area contributed by atoms with E-state index >= 15 is 0 Å². The van der Waals surface area contributed by atoms with Gasteiger partial charge >= 0.3 is 5.97 Å². The summed E-state index contributed by atoms with van der Waals surface area (Å²) >= 11 is 1.59. The predicted molar refractivity (Wildman–Crippen MR) is 82.1 cm³/mol. The molecule has 0 bridgehead atoms. The Morgan fingerprint density at radius 3 is 2.75 bits per heavy atom. The van der Waals surface area contributed by atoms with E-state index in [9.17, 15) is 4.79 Å². The third kappa shape index (κ3) is 3.92. The van der Waals surface area contributed by atoms with E-state index in [2.05, 4.69) is 37.4 Å². The van der Waals surface area contributed by atoms with Gasteiger partial charge in [-0.1, -0.05) is 29.8 Å². The summed E-state index contributed by atoms with van der Waals surface area (Å²) in [6.07, 6.45) is 0.103. The van der Waals surface area contributed by atoms with Crippen molar-refractivity contribution in [1.82, 2.24) is 5.32 Å². The Morgan fingerprint density at radius 1 is 1.35 bits per heavy atom. The summed E-state index contributed by atoms with van der Waals surface area (Å²) in [4.78, 5) is 12.1. The van der Waals surface area contributed by atoms with Gasteiger partial charge in [-0.25, -0.2) is 0 Å². The second-order valence-corrected chi connectivity index (χ2v) is 5.96. The van der Waals surface area contributed by atoms with Crippen LogP contribution in [0.1, 0.15) is 34.0 Å². The highest BCUT2D eigenvalue weighted by atomic mass is 32.1. The molecular weight excluding hydrogens is 270 g/mol. The Labute approximate surface area is 123 Å². The molecular formula is C16H19NO2S. The molecule has 0 aliphatic carbocycles. The van der Waals surface area contributed by atoms with Gasteiger partial charge in [-0.15, -0.1) is 11.3 Å². The lowest BCUT2D eigenvalue weighted by molar-refractivity contribution is -0.137. The number of carboxylic acid groups (broad SMARTS) is 1. The molecule has 0 amide bonds. The van der Waals surface area contributed by atoms with Gasteiger partial charge in [-0.2, -0.15) is 0 Å². The number of aryl methyl sites for hydroxylation is 2. The maximum atomic E-state index is 11.0. The van der Waals surface area contributed by atoms with Crippen LogP contribution in [0.25, 0.3) is 0 Å². The minimum atomic E-state index is -0.781. The molecule has 1 aromatic heterocycles. The molecule has 2 aromatic rings. The number of rotatable bonds is 6. The highest BCUT2D eigenvalue weighted by Gasteiger charge is 2.16. The summed E-state index contributed by atoms with van der Waals surface area (Å²) in [7, 11) is 0. The van der Waals surface area contributed by atoms with Crippen molar-refractivity contribution in [3.8, 4) is 0 Å². The molecule has 0 spiro atoms. The molecule has 1 heterocycles. The molecule has 0 fully saturated rings. The fourth-order valence-electron chi connectivity index (χ4n) is 2.21. The molecule has 1 atom stereocenters. The maximum absolute atomic E-state index is 11.0. The number of aliphatic carboxylic acids is 1. The average molecular weight is 289 g/mol. The van der Waals surface area contributed by atoms with Gasteiger partial charge in [0.15, 0.2) is 0 Å².